The lowest BCUT2D eigenvalue weighted by Crippen LogP contribution is -2.61. The molecule has 0 radical (unpaired) electrons. The molecule has 24 heavy (non-hydrogen) atoms. The fraction of sp³-hybridized carbons (Fsp3) is 0.625. The van der Waals surface area contributed by atoms with Crippen LogP contribution >= 0.6 is 8.60 Å². The molecule has 4 rings (SSSR count). The van der Waals surface area contributed by atoms with Crippen LogP contribution in [0.4, 0.5) is 0 Å². The van der Waals surface area contributed by atoms with E-state index in [2.05, 4.69) is 0 Å². The Morgan fingerprint density at radius 1 is 1.08 bits per heavy atom. The molecule has 0 aromatic heterocycles. The van der Waals surface area contributed by atoms with Crippen LogP contribution < -0.4 is 0 Å². The number of rotatable bonds is 4. The van der Waals surface area contributed by atoms with E-state index in [1.807, 2.05) is 37.3 Å². The molecule has 0 spiro atoms. The molecule has 3 aliphatic rings. The maximum absolute atomic E-state index is 6.16. The van der Waals surface area contributed by atoms with Crippen LogP contribution in [0, 0.1) is 0 Å². The number of benzene rings is 1. The highest BCUT2D eigenvalue weighted by molar-refractivity contribution is 7.42. The Hall–Kier alpha value is -0.630. The molecule has 0 saturated carbocycles. The van der Waals surface area contributed by atoms with Crippen LogP contribution in [0.3, 0.4) is 0 Å². The number of fused-ring (bicyclic) bond motifs is 3. The largest absolute Gasteiger partial charge is 0.353 e. The van der Waals surface area contributed by atoms with Gasteiger partial charge in [-0.05, 0) is 6.92 Å². The molecule has 0 bridgehead atoms. The highest BCUT2D eigenvalue weighted by Crippen LogP contribution is 2.54. The SMILES string of the molecule is CCOP1O[C@@H]2[C@@H](O1)[C@@H](OC)O[C@@H]1CO[C@@H](c3ccccc3)O[C@@H]21. The lowest BCUT2D eigenvalue weighted by atomic mass is 9.98. The Morgan fingerprint density at radius 2 is 1.88 bits per heavy atom. The molecular formula is C16H21O7P. The standard InChI is InChI=1S/C16H21O7P/c1-3-19-24-22-13-12-11(20-16(17-2)14(13)23-24)9-18-15(21-12)10-7-5-4-6-8-10/h4-8,11-16H,3,9H2,1-2H3/t11-,12-,13+,14-,15-,16+,24?/m1/s1. The first kappa shape index (κ1) is 16.8. The predicted octanol–water partition coefficient (Wildman–Crippen LogP) is 2.52. The highest BCUT2D eigenvalue weighted by atomic mass is 31.2. The molecule has 0 amide bonds. The zero-order valence-electron chi connectivity index (χ0n) is 13.6. The van der Waals surface area contributed by atoms with Gasteiger partial charge in [-0.1, -0.05) is 30.3 Å². The van der Waals surface area contributed by atoms with E-state index >= 15 is 0 Å². The van der Waals surface area contributed by atoms with E-state index in [0.717, 1.165) is 5.56 Å². The number of ether oxygens (including phenoxy) is 4. The van der Waals surface area contributed by atoms with E-state index in [9.17, 15) is 0 Å². The molecule has 7 nitrogen and oxygen atoms in total. The van der Waals surface area contributed by atoms with Gasteiger partial charge in [0.25, 0.3) is 0 Å². The highest BCUT2D eigenvalue weighted by Gasteiger charge is 2.57. The van der Waals surface area contributed by atoms with Gasteiger partial charge in [0, 0.05) is 12.7 Å². The third-order valence-corrected chi connectivity index (χ3v) is 5.54. The van der Waals surface area contributed by atoms with Crippen molar-refractivity contribution < 1.29 is 32.5 Å². The molecule has 1 aromatic rings. The summed E-state index contributed by atoms with van der Waals surface area (Å²) in [6.45, 7) is 2.83. The molecule has 3 aliphatic heterocycles. The van der Waals surface area contributed by atoms with E-state index < -0.39 is 21.2 Å². The van der Waals surface area contributed by atoms with Gasteiger partial charge in [0.05, 0.1) is 13.2 Å². The Morgan fingerprint density at radius 3 is 2.62 bits per heavy atom. The summed E-state index contributed by atoms with van der Waals surface area (Å²) in [5, 5.41) is 0. The van der Waals surface area contributed by atoms with E-state index in [-0.39, 0.29) is 24.4 Å². The molecule has 0 aliphatic carbocycles. The topological polar surface area (TPSA) is 64.6 Å². The summed E-state index contributed by atoms with van der Waals surface area (Å²) in [6.07, 6.45) is -2.21. The molecule has 132 valence electrons. The fourth-order valence-corrected chi connectivity index (χ4v) is 4.38. The van der Waals surface area contributed by atoms with Gasteiger partial charge < -0.3 is 32.5 Å². The van der Waals surface area contributed by atoms with Crippen molar-refractivity contribution in [1.29, 1.82) is 0 Å². The van der Waals surface area contributed by atoms with Crippen LogP contribution in [0.2, 0.25) is 0 Å². The maximum Gasteiger partial charge on any atom is 0.333 e. The quantitative estimate of drug-likeness (QED) is 0.768. The van der Waals surface area contributed by atoms with Gasteiger partial charge in [-0.15, -0.1) is 0 Å². The molecule has 3 fully saturated rings. The van der Waals surface area contributed by atoms with Crippen molar-refractivity contribution in [2.75, 3.05) is 20.3 Å². The minimum absolute atomic E-state index is 0.267. The molecule has 3 heterocycles. The second-order valence-corrected chi connectivity index (χ2v) is 6.86. The van der Waals surface area contributed by atoms with Crippen LogP contribution in [0.25, 0.3) is 0 Å². The summed E-state index contributed by atoms with van der Waals surface area (Å²) in [6, 6.07) is 9.82. The summed E-state index contributed by atoms with van der Waals surface area (Å²) < 4.78 is 40.7. The summed E-state index contributed by atoms with van der Waals surface area (Å²) >= 11 is 0. The smallest absolute Gasteiger partial charge is 0.333 e. The Bertz CT molecular complexity index is 544. The monoisotopic (exact) mass is 356 g/mol. The first-order chi connectivity index (χ1) is 11.8. The van der Waals surface area contributed by atoms with Crippen molar-refractivity contribution in [1.82, 2.24) is 0 Å². The van der Waals surface area contributed by atoms with Crippen molar-refractivity contribution in [2.45, 2.75) is 43.9 Å². The Balaban J connectivity index is 1.52. The van der Waals surface area contributed by atoms with Gasteiger partial charge in [0.1, 0.15) is 24.4 Å². The molecular weight excluding hydrogens is 335 g/mol. The molecule has 7 atom stereocenters. The zero-order valence-corrected chi connectivity index (χ0v) is 14.5. The van der Waals surface area contributed by atoms with Gasteiger partial charge in [0.2, 0.25) is 0 Å². The van der Waals surface area contributed by atoms with Gasteiger partial charge in [0.15, 0.2) is 12.6 Å². The third-order valence-electron chi connectivity index (χ3n) is 4.24. The fourth-order valence-electron chi connectivity index (χ4n) is 3.14. The maximum atomic E-state index is 6.16. The number of methoxy groups -OCH3 is 1. The van der Waals surface area contributed by atoms with Gasteiger partial charge >= 0.3 is 8.60 Å². The molecule has 0 N–H and O–H groups in total. The van der Waals surface area contributed by atoms with E-state index in [1.54, 1.807) is 7.11 Å². The lowest BCUT2D eigenvalue weighted by Gasteiger charge is -2.45. The number of hydrogen-bond donors (Lipinski definition) is 0. The second-order valence-electron chi connectivity index (χ2n) is 5.74. The van der Waals surface area contributed by atoms with Crippen molar-refractivity contribution in [3.8, 4) is 0 Å². The first-order valence-corrected chi connectivity index (χ1v) is 9.16. The van der Waals surface area contributed by atoms with E-state index in [0.29, 0.717) is 13.2 Å². The van der Waals surface area contributed by atoms with Crippen molar-refractivity contribution >= 4 is 8.60 Å². The minimum Gasteiger partial charge on any atom is -0.353 e. The Labute approximate surface area is 142 Å². The van der Waals surface area contributed by atoms with Gasteiger partial charge in [-0.3, -0.25) is 0 Å². The van der Waals surface area contributed by atoms with Crippen LogP contribution in [-0.2, 0) is 32.5 Å². The summed E-state index contributed by atoms with van der Waals surface area (Å²) in [4.78, 5) is 0. The van der Waals surface area contributed by atoms with Crippen LogP contribution in [0.15, 0.2) is 30.3 Å². The summed E-state index contributed by atoms with van der Waals surface area (Å²) in [5.74, 6) is 0. The van der Waals surface area contributed by atoms with Crippen LogP contribution in [0.5, 0.6) is 0 Å². The molecule has 1 aromatic carbocycles. The summed E-state index contributed by atoms with van der Waals surface area (Å²) in [7, 11) is 0.178. The van der Waals surface area contributed by atoms with Gasteiger partial charge in [-0.2, -0.15) is 0 Å². The van der Waals surface area contributed by atoms with E-state index in [1.165, 1.54) is 0 Å². The van der Waals surface area contributed by atoms with Crippen molar-refractivity contribution in [3.05, 3.63) is 35.9 Å². The second kappa shape index (κ2) is 7.32. The predicted molar refractivity (Wildman–Crippen MR) is 84.0 cm³/mol. The minimum atomic E-state index is -1.41. The van der Waals surface area contributed by atoms with Crippen LogP contribution in [-0.4, -0.2) is 51.0 Å². The average Bonchev–Trinajstić information content (AvgIpc) is 3.06. The third kappa shape index (κ3) is 3.11. The molecule has 1 unspecified atom stereocenters. The van der Waals surface area contributed by atoms with E-state index in [4.69, 9.17) is 32.5 Å². The van der Waals surface area contributed by atoms with Crippen molar-refractivity contribution in [2.24, 2.45) is 0 Å². The average molecular weight is 356 g/mol. The molecule has 8 heteroatoms. The lowest BCUT2D eigenvalue weighted by molar-refractivity contribution is -0.343. The van der Waals surface area contributed by atoms with Gasteiger partial charge in [-0.25, -0.2) is 0 Å². The van der Waals surface area contributed by atoms with Crippen molar-refractivity contribution in [3.63, 3.8) is 0 Å². The Kier molecular flexibility index (Phi) is 5.13. The van der Waals surface area contributed by atoms with Crippen LogP contribution in [0.1, 0.15) is 18.8 Å². The normalized spacial score (nSPS) is 41.7. The first-order valence-electron chi connectivity index (χ1n) is 8.07. The molecule has 3 saturated heterocycles. The number of hydrogen-bond acceptors (Lipinski definition) is 7. The summed E-state index contributed by atoms with van der Waals surface area (Å²) in [5.41, 5.74) is 0.965. The zero-order chi connectivity index (χ0) is 16.5.